The number of hydrogen-bond donors (Lipinski definition) is 0. The number of nitrogens with zero attached hydrogens (tertiary/aromatic N) is 4. The number of anilines is 2. The van der Waals surface area contributed by atoms with Crippen molar-refractivity contribution in [3.8, 4) is 0 Å². The van der Waals surface area contributed by atoms with Crippen LogP contribution in [0.4, 0.5) is 17.1 Å². The zero-order valence-electron chi connectivity index (χ0n) is 14.8. The van der Waals surface area contributed by atoms with Crippen LogP contribution in [-0.2, 0) is 0 Å². The molecule has 4 aliphatic rings. The molecule has 25 heavy (non-hydrogen) atoms. The van der Waals surface area contributed by atoms with Crippen LogP contribution in [0.3, 0.4) is 0 Å². The number of aliphatic imine (C=N–C) groups is 1. The van der Waals surface area contributed by atoms with Gasteiger partial charge in [-0.15, -0.1) is 0 Å². The molecule has 128 valence electrons. The van der Waals surface area contributed by atoms with Gasteiger partial charge in [0.05, 0.1) is 17.1 Å². The van der Waals surface area contributed by atoms with Crippen molar-refractivity contribution in [1.29, 1.82) is 0 Å². The number of benzene rings is 1. The number of likely N-dealkylation sites (N-methyl/N-ethyl adjacent to an activating group) is 1. The van der Waals surface area contributed by atoms with Crippen molar-refractivity contribution >= 4 is 23.3 Å². The number of allylic oxidation sites excluding steroid dienone is 4. The molecule has 1 saturated heterocycles. The predicted octanol–water partition coefficient (Wildman–Crippen LogP) is 3.85. The molecule has 0 saturated carbocycles. The van der Waals surface area contributed by atoms with Crippen LogP contribution >= 0.6 is 0 Å². The van der Waals surface area contributed by atoms with E-state index in [1.165, 1.54) is 41.1 Å². The van der Waals surface area contributed by atoms with Gasteiger partial charge in [0.1, 0.15) is 0 Å². The van der Waals surface area contributed by atoms with E-state index in [0.717, 1.165) is 38.3 Å². The molecule has 1 aliphatic carbocycles. The Kier molecular flexibility index (Phi) is 3.52. The summed E-state index contributed by atoms with van der Waals surface area (Å²) in [6, 6.07) is 6.78. The van der Waals surface area contributed by atoms with E-state index >= 15 is 0 Å². The van der Waals surface area contributed by atoms with E-state index < -0.39 is 0 Å². The Morgan fingerprint density at radius 2 is 1.92 bits per heavy atom. The van der Waals surface area contributed by atoms with Gasteiger partial charge >= 0.3 is 0 Å². The summed E-state index contributed by atoms with van der Waals surface area (Å²) in [5.74, 6) is 0. The molecule has 5 rings (SSSR count). The minimum Gasteiger partial charge on any atom is -0.369 e. The molecule has 3 heterocycles. The number of rotatable bonds is 1. The van der Waals surface area contributed by atoms with Crippen LogP contribution in [0.5, 0.6) is 0 Å². The Balaban J connectivity index is 1.53. The van der Waals surface area contributed by atoms with Crippen LogP contribution in [0.1, 0.15) is 19.3 Å². The average Bonchev–Trinajstić information content (AvgIpc) is 2.81. The van der Waals surface area contributed by atoms with Gasteiger partial charge in [0.2, 0.25) is 0 Å². The molecule has 0 unspecified atom stereocenters. The molecule has 4 heteroatoms. The maximum absolute atomic E-state index is 4.88. The van der Waals surface area contributed by atoms with Gasteiger partial charge in [-0.3, -0.25) is 4.99 Å². The smallest absolute Gasteiger partial charge is 0.0890 e. The standard InChI is InChI=1S/C21H24N4/c1-23-10-12-24(13-11-23)18-7-8-20-19(14-18)22-15-17-5-2-4-16-6-3-9-25(20)21(16)17/h3,6-9,14-15H,2,4-5,10-13H2,1H3. The van der Waals surface area contributed by atoms with Gasteiger partial charge in [0.25, 0.3) is 0 Å². The Bertz CT molecular complexity index is 822. The van der Waals surface area contributed by atoms with E-state index in [9.17, 15) is 0 Å². The van der Waals surface area contributed by atoms with E-state index in [1.54, 1.807) is 0 Å². The maximum Gasteiger partial charge on any atom is 0.0890 e. The van der Waals surface area contributed by atoms with Gasteiger partial charge < -0.3 is 14.7 Å². The van der Waals surface area contributed by atoms with Crippen molar-refractivity contribution in [1.82, 2.24) is 4.90 Å². The third-order valence-electron chi connectivity index (χ3n) is 5.72. The maximum atomic E-state index is 4.88. The monoisotopic (exact) mass is 332 g/mol. The number of piperazine rings is 1. The van der Waals surface area contributed by atoms with Crippen molar-refractivity contribution in [3.05, 3.63) is 53.4 Å². The average molecular weight is 332 g/mol. The first-order valence-corrected chi connectivity index (χ1v) is 9.31. The van der Waals surface area contributed by atoms with Gasteiger partial charge in [-0.2, -0.15) is 0 Å². The summed E-state index contributed by atoms with van der Waals surface area (Å²) in [5, 5.41) is 0. The molecule has 0 N–H and O–H groups in total. The van der Waals surface area contributed by atoms with Crippen molar-refractivity contribution in [2.75, 3.05) is 43.0 Å². The molecule has 0 spiro atoms. The second kappa shape index (κ2) is 5.88. The molecule has 1 aromatic rings. The fourth-order valence-corrected chi connectivity index (χ4v) is 4.26. The van der Waals surface area contributed by atoms with Crippen molar-refractivity contribution in [2.24, 2.45) is 4.99 Å². The first-order chi connectivity index (χ1) is 12.3. The second-order valence-corrected chi connectivity index (χ2v) is 7.35. The molecule has 4 nitrogen and oxygen atoms in total. The van der Waals surface area contributed by atoms with E-state index in [2.05, 4.69) is 64.5 Å². The van der Waals surface area contributed by atoms with Gasteiger partial charge in [0.15, 0.2) is 0 Å². The topological polar surface area (TPSA) is 22.1 Å². The Morgan fingerprint density at radius 1 is 1.04 bits per heavy atom. The highest BCUT2D eigenvalue weighted by atomic mass is 15.2. The third kappa shape index (κ3) is 2.52. The van der Waals surface area contributed by atoms with E-state index in [1.807, 2.05) is 0 Å². The Morgan fingerprint density at radius 3 is 2.80 bits per heavy atom. The summed E-state index contributed by atoms with van der Waals surface area (Å²) in [5.41, 5.74) is 7.76. The highest BCUT2D eigenvalue weighted by Gasteiger charge is 2.27. The normalized spacial score (nSPS) is 22.5. The molecule has 1 aromatic carbocycles. The number of fused-ring (bicyclic) bond motifs is 2. The van der Waals surface area contributed by atoms with Crippen molar-refractivity contribution in [2.45, 2.75) is 19.3 Å². The van der Waals surface area contributed by atoms with Crippen LogP contribution in [0, 0.1) is 0 Å². The zero-order chi connectivity index (χ0) is 16.8. The third-order valence-corrected chi connectivity index (χ3v) is 5.72. The summed E-state index contributed by atoms with van der Waals surface area (Å²) < 4.78 is 0. The first-order valence-electron chi connectivity index (χ1n) is 9.31. The molecule has 0 aromatic heterocycles. The molecule has 0 atom stereocenters. The van der Waals surface area contributed by atoms with Crippen LogP contribution in [-0.4, -0.2) is 44.3 Å². The second-order valence-electron chi connectivity index (χ2n) is 7.35. The summed E-state index contributed by atoms with van der Waals surface area (Å²) in [6.07, 6.45) is 12.2. The molecule has 0 radical (unpaired) electrons. The largest absolute Gasteiger partial charge is 0.369 e. The lowest BCUT2D eigenvalue weighted by Gasteiger charge is -2.35. The van der Waals surface area contributed by atoms with Crippen LogP contribution < -0.4 is 9.80 Å². The summed E-state index contributed by atoms with van der Waals surface area (Å²) >= 11 is 0. The molecule has 1 fully saturated rings. The molecule has 3 aliphatic heterocycles. The van der Waals surface area contributed by atoms with Gasteiger partial charge in [-0.25, -0.2) is 0 Å². The van der Waals surface area contributed by atoms with Crippen molar-refractivity contribution < 1.29 is 0 Å². The Hall–Kier alpha value is -2.33. The van der Waals surface area contributed by atoms with E-state index in [0.29, 0.717) is 0 Å². The van der Waals surface area contributed by atoms with Gasteiger partial charge in [-0.1, -0.05) is 6.08 Å². The minimum atomic E-state index is 1.08. The molecule has 0 bridgehead atoms. The van der Waals surface area contributed by atoms with E-state index in [-0.39, 0.29) is 0 Å². The number of hydrogen-bond acceptors (Lipinski definition) is 4. The summed E-state index contributed by atoms with van der Waals surface area (Å²) in [7, 11) is 2.20. The lowest BCUT2D eigenvalue weighted by Crippen LogP contribution is -2.44. The fraction of sp³-hybridized carbons (Fsp3) is 0.381. The summed E-state index contributed by atoms with van der Waals surface area (Å²) in [4.78, 5) is 12.1. The fourth-order valence-electron chi connectivity index (χ4n) is 4.26. The van der Waals surface area contributed by atoms with Crippen LogP contribution in [0.2, 0.25) is 0 Å². The van der Waals surface area contributed by atoms with Crippen LogP contribution in [0.15, 0.2) is 58.4 Å². The van der Waals surface area contributed by atoms with E-state index in [4.69, 9.17) is 4.99 Å². The molecular formula is C21H24N4. The summed E-state index contributed by atoms with van der Waals surface area (Å²) in [6.45, 7) is 4.42. The minimum absolute atomic E-state index is 1.08. The predicted molar refractivity (Wildman–Crippen MR) is 105 cm³/mol. The lowest BCUT2D eigenvalue weighted by molar-refractivity contribution is 0.313. The first kappa shape index (κ1) is 15.0. The van der Waals surface area contributed by atoms with Gasteiger partial charge in [-0.05, 0) is 61.7 Å². The zero-order valence-corrected chi connectivity index (χ0v) is 14.8. The highest BCUT2D eigenvalue weighted by molar-refractivity contribution is 5.92. The van der Waals surface area contributed by atoms with Crippen LogP contribution in [0.25, 0.3) is 0 Å². The Labute approximate surface area is 149 Å². The quantitative estimate of drug-likeness (QED) is 0.780. The highest BCUT2D eigenvalue weighted by Crippen LogP contribution is 2.43. The van der Waals surface area contributed by atoms with Crippen molar-refractivity contribution in [3.63, 3.8) is 0 Å². The molecular weight excluding hydrogens is 308 g/mol. The van der Waals surface area contributed by atoms with Gasteiger partial charge in [0, 0.05) is 44.3 Å². The lowest BCUT2D eigenvalue weighted by atomic mass is 9.90. The molecule has 0 amide bonds. The SMILES string of the molecule is CN1CCN(c2ccc3c(c2)N=CC2=C4C(=CC=CN43)CCC2)CC1.